The van der Waals surface area contributed by atoms with E-state index in [9.17, 15) is 13.2 Å². The second kappa shape index (κ2) is 6.03. The van der Waals surface area contributed by atoms with E-state index in [1.807, 2.05) is 18.6 Å². The van der Waals surface area contributed by atoms with Crippen molar-refractivity contribution in [2.24, 2.45) is 5.92 Å². The van der Waals surface area contributed by atoms with Crippen molar-refractivity contribution in [1.29, 1.82) is 0 Å². The van der Waals surface area contributed by atoms with Crippen LogP contribution in [0.15, 0.2) is 29.4 Å². The lowest BCUT2D eigenvalue weighted by Crippen LogP contribution is -2.31. The molecule has 2 aromatic heterocycles. The van der Waals surface area contributed by atoms with Crippen molar-refractivity contribution in [3.05, 3.63) is 29.5 Å². The molecule has 0 atom stereocenters. The summed E-state index contributed by atoms with van der Waals surface area (Å²) >= 11 is 5.90. The topological polar surface area (TPSA) is 80.5 Å². The van der Waals surface area contributed by atoms with Crippen molar-refractivity contribution >= 4 is 33.2 Å². The summed E-state index contributed by atoms with van der Waals surface area (Å²) in [6.45, 7) is 3.92. The maximum Gasteiger partial charge on any atom is 0.283 e. The molecule has 2 aromatic rings. The average Bonchev–Trinajstić information content (AvgIpc) is 2.72. The molecule has 114 valence electrons. The predicted octanol–water partition coefficient (Wildman–Crippen LogP) is 2.23. The third-order valence-corrected chi connectivity index (χ3v) is 4.67. The van der Waals surface area contributed by atoms with Gasteiger partial charge in [0.05, 0.1) is 0 Å². The fraction of sp³-hybridized carbons (Fsp3) is 0.385. The van der Waals surface area contributed by atoms with Gasteiger partial charge in [-0.25, -0.2) is 9.71 Å². The first-order valence-corrected chi connectivity index (χ1v) is 8.35. The second-order valence-corrected chi connectivity index (χ2v) is 7.05. The van der Waals surface area contributed by atoms with Gasteiger partial charge in [0.25, 0.3) is 10.0 Å². The fourth-order valence-corrected chi connectivity index (χ4v) is 3.52. The molecule has 0 bridgehead atoms. The van der Waals surface area contributed by atoms with E-state index in [1.165, 1.54) is 10.6 Å². The Morgan fingerprint density at radius 2 is 2.14 bits per heavy atom. The lowest BCUT2D eigenvalue weighted by molar-refractivity contribution is -0.119. The SMILES string of the molecule is CC(C)CCC(=O)NS(=O)(=O)c1c(Cl)nc2ccccn12. The molecule has 0 saturated heterocycles. The van der Waals surface area contributed by atoms with Crippen LogP contribution in [-0.2, 0) is 14.8 Å². The van der Waals surface area contributed by atoms with Gasteiger partial charge < -0.3 is 0 Å². The molecule has 1 amide bonds. The van der Waals surface area contributed by atoms with Gasteiger partial charge >= 0.3 is 0 Å². The Morgan fingerprint density at radius 1 is 1.43 bits per heavy atom. The number of fused-ring (bicyclic) bond motifs is 1. The van der Waals surface area contributed by atoms with Crippen LogP contribution in [0.25, 0.3) is 5.65 Å². The Kier molecular flexibility index (Phi) is 4.53. The summed E-state index contributed by atoms with van der Waals surface area (Å²) in [7, 11) is -4.05. The molecular weight excluding hydrogens is 314 g/mol. The lowest BCUT2D eigenvalue weighted by Gasteiger charge is -2.08. The number of nitrogens with zero attached hydrogens (tertiary/aromatic N) is 2. The highest BCUT2D eigenvalue weighted by atomic mass is 35.5. The number of pyridine rings is 1. The first-order valence-electron chi connectivity index (χ1n) is 6.49. The van der Waals surface area contributed by atoms with Crippen LogP contribution in [0.3, 0.4) is 0 Å². The van der Waals surface area contributed by atoms with Crippen molar-refractivity contribution in [2.75, 3.05) is 0 Å². The van der Waals surface area contributed by atoms with Crippen LogP contribution in [0.2, 0.25) is 5.15 Å². The molecule has 2 heterocycles. The summed E-state index contributed by atoms with van der Waals surface area (Å²) in [6.07, 6.45) is 2.29. The summed E-state index contributed by atoms with van der Waals surface area (Å²) in [5.74, 6) is -0.233. The molecule has 0 aliphatic carbocycles. The zero-order valence-corrected chi connectivity index (χ0v) is 13.3. The van der Waals surface area contributed by atoms with Crippen molar-refractivity contribution in [3.8, 4) is 0 Å². The van der Waals surface area contributed by atoms with Crippen molar-refractivity contribution in [3.63, 3.8) is 0 Å². The fourth-order valence-electron chi connectivity index (χ4n) is 1.85. The largest absolute Gasteiger partial charge is 0.288 e. The van der Waals surface area contributed by atoms with Gasteiger partial charge in [0, 0.05) is 12.6 Å². The van der Waals surface area contributed by atoms with E-state index in [0.29, 0.717) is 18.0 Å². The van der Waals surface area contributed by atoms with E-state index in [1.54, 1.807) is 18.2 Å². The number of rotatable bonds is 5. The number of hydrogen-bond acceptors (Lipinski definition) is 4. The number of aromatic nitrogens is 2. The first-order chi connectivity index (χ1) is 9.81. The summed E-state index contributed by atoms with van der Waals surface area (Å²) in [5.41, 5.74) is 0.400. The minimum atomic E-state index is -4.05. The maximum atomic E-state index is 12.3. The zero-order valence-electron chi connectivity index (χ0n) is 11.7. The highest BCUT2D eigenvalue weighted by Crippen LogP contribution is 2.22. The lowest BCUT2D eigenvalue weighted by atomic mass is 10.1. The summed E-state index contributed by atoms with van der Waals surface area (Å²) in [5, 5.41) is -0.386. The summed E-state index contributed by atoms with van der Waals surface area (Å²) in [6, 6.07) is 5.01. The van der Waals surface area contributed by atoms with Gasteiger partial charge in [-0.1, -0.05) is 31.5 Å². The number of halogens is 1. The van der Waals surface area contributed by atoms with E-state index < -0.39 is 15.9 Å². The predicted molar refractivity (Wildman–Crippen MR) is 79.6 cm³/mol. The van der Waals surface area contributed by atoms with Gasteiger partial charge in [-0.3, -0.25) is 9.20 Å². The molecule has 8 heteroatoms. The molecule has 0 aliphatic heterocycles. The standard InChI is InChI=1S/C13H16ClN3O3S/c1-9(2)6-7-11(18)16-21(19,20)13-12(14)15-10-5-3-4-8-17(10)13/h3-5,8-9H,6-7H2,1-2H3,(H,16,18). The Bertz CT molecular complexity index is 768. The number of sulfonamides is 1. The number of carbonyl (C=O) groups excluding carboxylic acids is 1. The molecule has 0 fully saturated rings. The maximum absolute atomic E-state index is 12.3. The molecule has 0 saturated carbocycles. The van der Waals surface area contributed by atoms with Crippen molar-refractivity contribution in [2.45, 2.75) is 31.7 Å². The highest BCUT2D eigenvalue weighted by molar-refractivity contribution is 7.90. The van der Waals surface area contributed by atoms with Gasteiger partial charge in [-0.2, -0.15) is 8.42 Å². The summed E-state index contributed by atoms with van der Waals surface area (Å²) < 4.78 is 28.0. The van der Waals surface area contributed by atoms with Crippen LogP contribution in [0.5, 0.6) is 0 Å². The van der Waals surface area contributed by atoms with Crippen LogP contribution in [0.1, 0.15) is 26.7 Å². The molecule has 0 spiro atoms. The molecule has 6 nitrogen and oxygen atoms in total. The van der Waals surface area contributed by atoms with Gasteiger partial charge in [0.2, 0.25) is 5.91 Å². The Labute approximate surface area is 128 Å². The summed E-state index contributed by atoms with van der Waals surface area (Å²) in [4.78, 5) is 15.7. The van der Waals surface area contributed by atoms with Gasteiger partial charge in [0.1, 0.15) is 5.65 Å². The van der Waals surface area contributed by atoms with Crippen LogP contribution < -0.4 is 4.72 Å². The molecule has 0 radical (unpaired) electrons. The Balaban J connectivity index is 2.30. The Hall–Kier alpha value is -1.60. The van der Waals surface area contributed by atoms with Gasteiger partial charge in [-0.15, -0.1) is 0 Å². The molecule has 1 N–H and O–H groups in total. The first kappa shape index (κ1) is 15.8. The number of amides is 1. The van der Waals surface area contributed by atoms with Crippen molar-refractivity contribution < 1.29 is 13.2 Å². The number of imidazole rings is 1. The van der Waals surface area contributed by atoms with E-state index in [0.717, 1.165) is 0 Å². The molecular formula is C13H16ClN3O3S. The van der Waals surface area contributed by atoms with Crippen LogP contribution >= 0.6 is 11.6 Å². The quantitative estimate of drug-likeness (QED) is 0.912. The van der Waals surface area contributed by atoms with Crippen LogP contribution in [-0.4, -0.2) is 23.7 Å². The van der Waals surface area contributed by atoms with Gasteiger partial charge in [-0.05, 0) is 24.5 Å². The van der Waals surface area contributed by atoms with Crippen LogP contribution in [0, 0.1) is 5.92 Å². The number of carbonyl (C=O) groups is 1. The third-order valence-electron chi connectivity index (χ3n) is 2.90. The average molecular weight is 330 g/mol. The van der Waals surface area contributed by atoms with E-state index in [2.05, 4.69) is 4.98 Å². The molecule has 2 rings (SSSR count). The highest BCUT2D eigenvalue weighted by Gasteiger charge is 2.26. The second-order valence-electron chi connectivity index (χ2n) is 5.10. The monoisotopic (exact) mass is 329 g/mol. The minimum absolute atomic E-state index is 0.144. The number of nitrogens with one attached hydrogen (secondary N) is 1. The van der Waals surface area contributed by atoms with Crippen molar-refractivity contribution in [1.82, 2.24) is 14.1 Å². The normalized spacial score (nSPS) is 12.0. The molecule has 0 aliphatic rings. The van der Waals surface area contributed by atoms with E-state index in [-0.39, 0.29) is 16.6 Å². The van der Waals surface area contributed by atoms with Gasteiger partial charge in [0.15, 0.2) is 10.2 Å². The van der Waals surface area contributed by atoms with E-state index >= 15 is 0 Å². The van der Waals surface area contributed by atoms with E-state index in [4.69, 9.17) is 11.6 Å². The third kappa shape index (κ3) is 3.54. The number of hydrogen-bond donors (Lipinski definition) is 1. The molecule has 21 heavy (non-hydrogen) atoms. The minimum Gasteiger partial charge on any atom is -0.288 e. The smallest absolute Gasteiger partial charge is 0.283 e. The zero-order chi connectivity index (χ0) is 15.6. The van der Waals surface area contributed by atoms with Crippen LogP contribution in [0.4, 0.5) is 0 Å². The molecule has 0 aromatic carbocycles. The Morgan fingerprint density at radius 3 is 2.81 bits per heavy atom. The molecule has 0 unspecified atom stereocenters.